The summed E-state index contributed by atoms with van der Waals surface area (Å²) in [6, 6.07) is 5.05. The predicted molar refractivity (Wildman–Crippen MR) is 108 cm³/mol. The minimum absolute atomic E-state index is 0.108. The van der Waals surface area contributed by atoms with Crippen LogP contribution in [0.1, 0.15) is 25.8 Å². The Labute approximate surface area is 171 Å². The Kier molecular flexibility index (Phi) is 7.19. The number of sulfonamides is 1. The van der Waals surface area contributed by atoms with Gasteiger partial charge in [-0.2, -0.15) is 4.31 Å². The highest BCUT2D eigenvalue weighted by atomic mass is 35.5. The Hall–Kier alpha value is -0.860. The first-order valence-corrected chi connectivity index (χ1v) is 11.3. The summed E-state index contributed by atoms with van der Waals surface area (Å²) in [6.07, 6.45) is 1.75. The van der Waals surface area contributed by atoms with E-state index in [1.807, 2.05) is 13.8 Å². The lowest BCUT2D eigenvalue weighted by molar-refractivity contribution is -0.147. The van der Waals surface area contributed by atoms with E-state index in [1.54, 1.807) is 18.2 Å². The van der Waals surface area contributed by atoms with E-state index in [9.17, 15) is 13.2 Å². The van der Waals surface area contributed by atoms with Crippen LogP contribution in [0.25, 0.3) is 0 Å². The van der Waals surface area contributed by atoms with E-state index in [1.165, 1.54) is 17.7 Å². The van der Waals surface area contributed by atoms with Gasteiger partial charge in [-0.1, -0.05) is 29.3 Å². The summed E-state index contributed by atoms with van der Waals surface area (Å²) in [7, 11) is -1.84. The molecule has 1 saturated heterocycles. The first-order chi connectivity index (χ1) is 12.5. The minimum Gasteiger partial charge on any atom is -0.468 e. The minimum atomic E-state index is -3.21. The van der Waals surface area contributed by atoms with Crippen molar-refractivity contribution in [3.63, 3.8) is 0 Å². The molecule has 1 aromatic carbocycles. The number of rotatable bonds is 6. The maximum atomic E-state index is 12.5. The third-order valence-electron chi connectivity index (χ3n) is 5.20. The maximum Gasteiger partial charge on any atom is 0.316 e. The highest BCUT2D eigenvalue weighted by Gasteiger charge is 2.38. The van der Waals surface area contributed by atoms with Crippen LogP contribution in [0.5, 0.6) is 0 Å². The predicted octanol–water partition coefficient (Wildman–Crippen LogP) is 2.78. The van der Waals surface area contributed by atoms with E-state index in [0.29, 0.717) is 42.6 Å². The Balaban J connectivity index is 2.14. The van der Waals surface area contributed by atoms with Crippen LogP contribution in [0.3, 0.4) is 0 Å². The molecule has 0 aliphatic carbocycles. The van der Waals surface area contributed by atoms with Crippen molar-refractivity contribution in [2.24, 2.45) is 0 Å². The quantitative estimate of drug-likeness (QED) is 0.641. The molecule has 0 spiro atoms. The van der Waals surface area contributed by atoms with Gasteiger partial charge in [0.15, 0.2) is 0 Å². The molecule has 0 bridgehead atoms. The third kappa shape index (κ3) is 5.15. The molecule has 1 aliphatic rings. The zero-order chi connectivity index (χ0) is 20.4. The van der Waals surface area contributed by atoms with Gasteiger partial charge in [-0.3, -0.25) is 4.79 Å². The Morgan fingerprint density at radius 1 is 1.30 bits per heavy atom. The van der Waals surface area contributed by atoms with Crippen molar-refractivity contribution in [2.75, 3.05) is 39.5 Å². The number of piperazine rings is 1. The molecule has 1 fully saturated rings. The maximum absolute atomic E-state index is 12.5. The first-order valence-electron chi connectivity index (χ1n) is 8.72. The standard InChI is InChI=1S/C18H26Cl2N2O4S/c1-13-12-21(9-10-22(13)27(4,24)25)8-7-18(2,17(23)26-3)14-5-6-15(19)16(20)11-14/h5-6,11,13H,7-10,12H2,1-4H3/t13-,18?/m0/s1. The molecule has 1 aliphatic heterocycles. The summed E-state index contributed by atoms with van der Waals surface area (Å²) in [5.74, 6) is -0.344. The molecular weight excluding hydrogens is 411 g/mol. The number of nitrogens with zero attached hydrogens (tertiary/aromatic N) is 2. The van der Waals surface area contributed by atoms with Crippen LogP contribution in [0.4, 0.5) is 0 Å². The normalized spacial score (nSPS) is 21.6. The molecule has 1 unspecified atom stereocenters. The average Bonchev–Trinajstić information content (AvgIpc) is 2.60. The van der Waals surface area contributed by atoms with E-state index in [-0.39, 0.29) is 12.0 Å². The Morgan fingerprint density at radius 2 is 1.96 bits per heavy atom. The highest BCUT2D eigenvalue weighted by Crippen LogP contribution is 2.34. The highest BCUT2D eigenvalue weighted by molar-refractivity contribution is 7.88. The molecule has 1 heterocycles. The number of carbonyl (C=O) groups excluding carboxylic acids is 1. The van der Waals surface area contributed by atoms with Crippen LogP contribution < -0.4 is 0 Å². The molecule has 0 radical (unpaired) electrons. The van der Waals surface area contributed by atoms with E-state index < -0.39 is 15.4 Å². The van der Waals surface area contributed by atoms with Crippen molar-refractivity contribution in [3.05, 3.63) is 33.8 Å². The molecule has 2 atom stereocenters. The molecular formula is C18H26Cl2N2O4S. The monoisotopic (exact) mass is 436 g/mol. The van der Waals surface area contributed by atoms with Crippen LogP contribution in [0.15, 0.2) is 18.2 Å². The lowest BCUT2D eigenvalue weighted by atomic mass is 9.79. The summed E-state index contributed by atoms with van der Waals surface area (Å²) < 4.78 is 30.2. The number of benzene rings is 1. The van der Waals surface area contributed by atoms with Gasteiger partial charge in [-0.25, -0.2) is 8.42 Å². The fourth-order valence-corrected chi connectivity index (χ4v) is 4.95. The summed E-state index contributed by atoms with van der Waals surface area (Å²) in [6.45, 7) is 6.04. The lowest BCUT2D eigenvalue weighted by Crippen LogP contribution is -2.54. The summed E-state index contributed by atoms with van der Waals surface area (Å²) in [4.78, 5) is 14.7. The molecule has 152 valence electrons. The summed E-state index contributed by atoms with van der Waals surface area (Å²) in [5, 5.41) is 0.818. The number of hydrogen-bond donors (Lipinski definition) is 0. The van der Waals surface area contributed by atoms with Crippen LogP contribution in [0, 0.1) is 0 Å². The average molecular weight is 437 g/mol. The molecule has 0 amide bonds. The second-order valence-corrected chi connectivity index (χ2v) is 9.98. The molecule has 0 N–H and O–H groups in total. The van der Waals surface area contributed by atoms with E-state index in [0.717, 1.165) is 5.56 Å². The van der Waals surface area contributed by atoms with Gasteiger partial charge in [0.25, 0.3) is 0 Å². The number of hydrogen-bond acceptors (Lipinski definition) is 5. The van der Waals surface area contributed by atoms with Crippen molar-refractivity contribution >= 4 is 39.2 Å². The smallest absolute Gasteiger partial charge is 0.316 e. The number of halogens is 2. The summed E-state index contributed by atoms with van der Waals surface area (Å²) >= 11 is 12.1. The fourth-order valence-electron chi connectivity index (χ4n) is 3.52. The van der Waals surface area contributed by atoms with Gasteiger partial charge in [0, 0.05) is 25.7 Å². The number of esters is 1. The number of methoxy groups -OCH3 is 1. The summed E-state index contributed by atoms with van der Waals surface area (Å²) in [5.41, 5.74) is -0.133. The van der Waals surface area contributed by atoms with Crippen molar-refractivity contribution < 1.29 is 17.9 Å². The van der Waals surface area contributed by atoms with Gasteiger partial charge in [0.05, 0.1) is 28.8 Å². The second kappa shape index (κ2) is 8.66. The van der Waals surface area contributed by atoms with Gasteiger partial charge < -0.3 is 9.64 Å². The second-order valence-electron chi connectivity index (χ2n) is 7.23. The van der Waals surface area contributed by atoms with Crippen LogP contribution in [-0.2, 0) is 25.0 Å². The van der Waals surface area contributed by atoms with E-state index >= 15 is 0 Å². The van der Waals surface area contributed by atoms with Gasteiger partial charge in [-0.05, 0) is 44.5 Å². The third-order valence-corrected chi connectivity index (χ3v) is 7.33. The van der Waals surface area contributed by atoms with E-state index in [2.05, 4.69) is 4.90 Å². The van der Waals surface area contributed by atoms with Crippen molar-refractivity contribution in [1.82, 2.24) is 9.21 Å². The molecule has 0 aromatic heterocycles. The van der Waals surface area contributed by atoms with Crippen molar-refractivity contribution in [1.29, 1.82) is 0 Å². The van der Waals surface area contributed by atoms with Crippen LogP contribution >= 0.6 is 23.2 Å². The zero-order valence-electron chi connectivity index (χ0n) is 16.0. The van der Waals surface area contributed by atoms with Gasteiger partial charge in [0.2, 0.25) is 10.0 Å². The SMILES string of the molecule is COC(=O)C(C)(CCN1CCN(S(C)(=O)=O)[C@@H](C)C1)c1ccc(Cl)c(Cl)c1. The lowest BCUT2D eigenvalue weighted by Gasteiger charge is -2.39. The van der Waals surface area contributed by atoms with Crippen LogP contribution in [0.2, 0.25) is 10.0 Å². The molecule has 2 rings (SSSR count). The van der Waals surface area contributed by atoms with Crippen LogP contribution in [-0.4, -0.2) is 69.2 Å². The zero-order valence-corrected chi connectivity index (χ0v) is 18.4. The molecule has 6 nitrogen and oxygen atoms in total. The fraction of sp³-hybridized carbons (Fsp3) is 0.611. The molecule has 0 saturated carbocycles. The topological polar surface area (TPSA) is 66.9 Å². The van der Waals surface area contributed by atoms with E-state index in [4.69, 9.17) is 27.9 Å². The van der Waals surface area contributed by atoms with Gasteiger partial charge >= 0.3 is 5.97 Å². The number of carbonyl (C=O) groups is 1. The number of ether oxygens (including phenoxy) is 1. The first kappa shape index (κ1) is 22.4. The molecule has 9 heteroatoms. The van der Waals surface area contributed by atoms with Crippen molar-refractivity contribution in [3.8, 4) is 0 Å². The van der Waals surface area contributed by atoms with Gasteiger partial charge in [0.1, 0.15) is 0 Å². The largest absolute Gasteiger partial charge is 0.468 e. The van der Waals surface area contributed by atoms with Gasteiger partial charge in [-0.15, -0.1) is 0 Å². The molecule has 27 heavy (non-hydrogen) atoms. The Bertz CT molecular complexity index is 803. The van der Waals surface area contributed by atoms with Crippen molar-refractivity contribution in [2.45, 2.75) is 31.7 Å². The molecule has 1 aromatic rings. The Morgan fingerprint density at radius 3 is 2.48 bits per heavy atom.